The average molecular weight is 881 g/mol. The first-order chi connectivity index (χ1) is 34.2. The van der Waals surface area contributed by atoms with E-state index < -0.39 is 0 Å². The van der Waals surface area contributed by atoms with Gasteiger partial charge in [0.1, 0.15) is 0 Å². The molecule has 6 heterocycles. The maximum atomic E-state index is 5.19. The first-order valence-corrected chi connectivity index (χ1v) is 23.3. The van der Waals surface area contributed by atoms with Crippen LogP contribution in [0.25, 0.3) is 127 Å². The van der Waals surface area contributed by atoms with Crippen LogP contribution in [0.15, 0.2) is 243 Å². The molecular weight excluding hydrogens is 841 g/mol. The summed E-state index contributed by atoms with van der Waals surface area (Å²) >= 11 is 0. The molecule has 14 aromatic rings. The lowest BCUT2D eigenvalue weighted by Crippen LogP contribution is -1.98. The minimum absolute atomic E-state index is 0.932. The van der Waals surface area contributed by atoms with Crippen molar-refractivity contribution < 1.29 is 0 Å². The second-order valence-corrected chi connectivity index (χ2v) is 17.7. The molecule has 0 radical (unpaired) electrons. The van der Waals surface area contributed by atoms with Crippen molar-refractivity contribution in [1.29, 1.82) is 0 Å². The summed E-state index contributed by atoms with van der Waals surface area (Å²) < 4.78 is 7.09. The molecule has 6 heteroatoms. The van der Waals surface area contributed by atoms with Gasteiger partial charge in [-0.2, -0.15) is 0 Å². The smallest absolute Gasteiger partial charge is 0.0964 e. The summed E-state index contributed by atoms with van der Waals surface area (Å²) in [4.78, 5) is 15.0. The second kappa shape index (κ2) is 15.6. The van der Waals surface area contributed by atoms with Crippen molar-refractivity contribution in [3.05, 3.63) is 243 Å². The molecule has 0 saturated carbocycles. The van der Waals surface area contributed by atoms with Gasteiger partial charge >= 0.3 is 0 Å². The fourth-order valence-electron chi connectivity index (χ4n) is 10.6. The topological polar surface area (TPSA) is 53.5 Å². The van der Waals surface area contributed by atoms with E-state index in [2.05, 4.69) is 220 Å². The standard InChI is InChI=1S/C63H40N6/c1-4-15-41(16-5-1)55-37-49(38-56(66-55)42-17-6-2-7-18-42)69-58-24-13-11-22-51(58)53-34-43(27-30-59(53)69)45-33-46(40-64-39-45)44-26-29-52-50-21-10-12-23-57(50)68(62(52)35-44)48-28-31-60-54(36-48)63-61(25-14-32-65-63)67(60)47-19-8-3-9-20-47/h1-40H. The van der Waals surface area contributed by atoms with Gasteiger partial charge in [0.25, 0.3) is 0 Å². The van der Waals surface area contributed by atoms with E-state index in [-0.39, 0.29) is 0 Å². The Bertz CT molecular complexity index is 4240. The van der Waals surface area contributed by atoms with Crippen molar-refractivity contribution in [3.63, 3.8) is 0 Å². The summed E-state index contributed by atoms with van der Waals surface area (Å²) in [5.74, 6) is 0. The van der Waals surface area contributed by atoms with Gasteiger partial charge < -0.3 is 13.7 Å². The predicted molar refractivity (Wildman–Crippen MR) is 285 cm³/mol. The van der Waals surface area contributed by atoms with Crippen LogP contribution >= 0.6 is 0 Å². The average Bonchev–Trinajstić information content (AvgIpc) is 4.06. The van der Waals surface area contributed by atoms with Gasteiger partial charge in [-0.15, -0.1) is 0 Å². The van der Waals surface area contributed by atoms with Crippen molar-refractivity contribution in [1.82, 2.24) is 28.7 Å². The summed E-state index contributed by atoms with van der Waals surface area (Å²) in [5.41, 5.74) is 19.4. The highest BCUT2D eigenvalue weighted by molar-refractivity contribution is 6.13. The first-order valence-electron chi connectivity index (χ1n) is 23.3. The molecule has 69 heavy (non-hydrogen) atoms. The lowest BCUT2D eigenvalue weighted by molar-refractivity contribution is 1.16. The zero-order valence-corrected chi connectivity index (χ0v) is 37.3. The van der Waals surface area contributed by atoms with Gasteiger partial charge in [-0.25, -0.2) is 4.98 Å². The Hall–Kier alpha value is -9.39. The van der Waals surface area contributed by atoms with E-state index in [1.807, 2.05) is 36.8 Å². The summed E-state index contributed by atoms with van der Waals surface area (Å²) in [6, 6.07) is 80.2. The molecule has 0 bridgehead atoms. The van der Waals surface area contributed by atoms with Crippen molar-refractivity contribution >= 4 is 65.5 Å². The third kappa shape index (κ3) is 6.30. The van der Waals surface area contributed by atoms with E-state index >= 15 is 0 Å². The predicted octanol–water partition coefficient (Wildman–Crippen LogP) is 15.8. The number of aromatic nitrogens is 6. The zero-order valence-electron chi connectivity index (χ0n) is 37.3. The number of benzene rings is 8. The lowest BCUT2D eigenvalue weighted by Gasteiger charge is -2.13. The van der Waals surface area contributed by atoms with Crippen LogP contribution in [-0.2, 0) is 0 Å². The molecule has 0 spiro atoms. The summed E-state index contributed by atoms with van der Waals surface area (Å²) in [6.07, 6.45) is 5.85. The Balaban J connectivity index is 0.890. The van der Waals surface area contributed by atoms with Gasteiger partial charge in [0.05, 0.1) is 55.7 Å². The highest BCUT2D eigenvalue weighted by Crippen LogP contribution is 2.40. The van der Waals surface area contributed by atoms with Crippen molar-refractivity contribution in [2.45, 2.75) is 0 Å². The Morgan fingerprint density at radius 2 is 0.797 bits per heavy atom. The fraction of sp³-hybridized carbons (Fsp3) is 0. The molecule has 6 aromatic heterocycles. The Morgan fingerprint density at radius 1 is 0.275 bits per heavy atom. The third-order valence-electron chi connectivity index (χ3n) is 13.7. The van der Waals surface area contributed by atoms with Gasteiger partial charge in [-0.1, -0.05) is 133 Å². The molecule has 0 atom stereocenters. The number of rotatable bonds is 7. The Morgan fingerprint density at radius 3 is 1.51 bits per heavy atom. The van der Waals surface area contributed by atoms with Crippen LogP contribution in [0.5, 0.6) is 0 Å². The van der Waals surface area contributed by atoms with Gasteiger partial charge in [-0.05, 0) is 102 Å². The van der Waals surface area contributed by atoms with Crippen LogP contribution in [-0.4, -0.2) is 28.7 Å². The molecule has 0 aliphatic heterocycles. The summed E-state index contributed by atoms with van der Waals surface area (Å²) in [6.45, 7) is 0. The molecule has 6 nitrogen and oxygen atoms in total. The molecule has 0 amide bonds. The molecule has 0 aliphatic rings. The normalized spacial score (nSPS) is 11.8. The minimum Gasteiger partial charge on any atom is -0.309 e. The maximum absolute atomic E-state index is 5.19. The molecule has 0 N–H and O–H groups in total. The van der Waals surface area contributed by atoms with E-state index in [1.54, 1.807) is 0 Å². The number of para-hydroxylation sites is 3. The van der Waals surface area contributed by atoms with Crippen LogP contribution in [0.3, 0.4) is 0 Å². The van der Waals surface area contributed by atoms with Crippen LogP contribution in [0.2, 0.25) is 0 Å². The van der Waals surface area contributed by atoms with Crippen LogP contribution in [0.4, 0.5) is 0 Å². The summed E-state index contributed by atoms with van der Waals surface area (Å²) in [7, 11) is 0. The third-order valence-corrected chi connectivity index (χ3v) is 13.7. The lowest BCUT2D eigenvalue weighted by atomic mass is 9.99. The highest BCUT2D eigenvalue weighted by atomic mass is 15.0. The number of nitrogens with zero attached hydrogens (tertiary/aromatic N) is 6. The molecular formula is C63H40N6. The minimum atomic E-state index is 0.932. The fourth-order valence-corrected chi connectivity index (χ4v) is 10.6. The van der Waals surface area contributed by atoms with Gasteiger partial charge in [0, 0.05) is 79.2 Å². The van der Waals surface area contributed by atoms with Crippen LogP contribution in [0, 0.1) is 0 Å². The van der Waals surface area contributed by atoms with E-state index in [4.69, 9.17) is 15.0 Å². The monoisotopic (exact) mass is 880 g/mol. The van der Waals surface area contributed by atoms with E-state index in [0.29, 0.717) is 0 Å². The van der Waals surface area contributed by atoms with Crippen molar-refractivity contribution in [2.24, 2.45) is 0 Å². The van der Waals surface area contributed by atoms with Crippen LogP contribution in [0.1, 0.15) is 0 Å². The highest BCUT2D eigenvalue weighted by Gasteiger charge is 2.20. The quantitative estimate of drug-likeness (QED) is 0.160. The molecule has 0 unspecified atom stereocenters. The number of pyridine rings is 3. The molecule has 0 fully saturated rings. The largest absolute Gasteiger partial charge is 0.309 e. The van der Waals surface area contributed by atoms with Gasteiger partial charge in [0.15, 0.2) is 0 Å². The Labute approximate surface area is 397 Å². The second-order valence-electron chi connectivity index (χ2n) is 17.7. The SMILES string of the molecule is c1ccc(-c2cc(-n3c4ccccc4c4cc(-c5cncc(-c6ccc7c8ccccc8n(-c8ccc9c(c8)c8ncccc8n9-c8ccccc8)c7c6)c5)ccc43)cc(-c3ccccc3)n2)cc1. The molecule has 322 valence electrons. The summed E-state index contributed by atoms with van der Waals surface area (Å²) in [5, 5.41) is 5.89. The number of hydrogen-bond acceptors (Lipinski definition) is 3. The van der Waals surface area contributed by atoms with Gasteiger partial charge in [-0.3, -0.25) is 9.97 Å². The van der Waals surface area contributed by atoms with Crippen LogP contribution < -0.4 is 0 Å². The molecule has 8 aromatic carbocycles. The Kier molecular flexibility index (Phi) is 8.79. The number of hydrogen-bond donors (Lipinski definition) is 0. The molecule has 0 aliphatic carbocycles. The van der Waals surface area contributed by atoms with E-state index in [0.717, 1.165) is 106 Å². The molecule has 14 rings (SSSR count). The van der Waals surface area contributed by atoms with Gasteiger partial charge in [0.2, 0.25) is 0 Å². The number of fused-ring (bicyclic) bond motifs is 9. The zero-order chi connectivity index (χ0) is 45.4. The maximum Gasteiger partial charge on any atom is 0.0964 e. The first kappa shape index (κ1) is 38.8. The van der Waals surface area contributed by atoms with Crippen molar-refractivity contribution in [2.75, 3.05) is 0 Å². The molecule has 0 saturated heterocycles. The van der Waals surface area contributed by atoms with E-state index in [1.165, 1.54) is 21.5 Å². The van der Waals surface area contributed by atoms with Crippen molar-refractivity contribution in [3.8, 4) is 61.8 Å². The van der Waals surface area contributed by atoms with E-state index in [9.17, 15) is 0 Å².